The molecule has 60 valence electrons. The third kappa shape index (κ3) is 1.79. The van der Waals surface area contributed by atoms with Crippen LogP contribution in [0.25, 0.3) is 0 Å². The van der Waals surface area contributed by atoms with Crippen molar-refractivity contribution in [1.29, 1.82) is 0 Å². The fourth-order valence-corrected chi connectivity index (χ4v) is 1.03. The van der Waals surface area contributed by atoms with E-state index in [9.17, 15) is 0 Å². The van der Waals surface area contributed by atoms with Crippen LogP contribution in [-0.4, -0.2) is 7.11 Å². The minimum absolute atomic E-state index is 0.295. The van der Waals surface area contributed by atoms with E-state index in [1.165, 1.54) is 5.56 Å². The van der Waals surface area contributed by atoms with Gasteiger partial charge >= 0.3 is 0 Å². The van der Waals surface area contributed by atoms with E-state index in [1.807, 2.05) is 31.2 Å². The van der Waals surface area contributed by atoms with Crippen LogP contribution in [0.2, 0.25) is 0 Å². The summed E-state index contributed by atoms with van der Waals surface area (Å²) in [5.74, 6) is 0. The molecular weight excluding hydrogens is 138 g/mol. The van der Waals surface area contributed by atoms with Gasteiger partial charge in [-0.1, -0.05) is 24.3 Å². The van der Waals surface area contributed by atoms with Crippen LogP contribution in [0.5, 0.6) is 0 Å². The molecule has 0 aliphatic rings. The predicted molar refractivity (Wildman–Crippen MR) is 45.1 cm³/mol. The van der Waals surface area contributed by atoms with Gasteiger partial charge < -0.3 is 10.5 Å². The number of nitrogens with two attached hydrogens (primary N) is 1. The Labute approximate surface area is 67.0 Å². The fourth-order valence-electron chi connectivity index (χ4n) is 1.03. The smallest absolute Gasteiger partial charge is 0.131 e. The summed E-state index contributed by atoms with van der Waals surface area (Å²) in [6, 6.07) is 7.94. The minimum atomic E-state index is -0.295. The highest BCUT2D eigenvalue weighted by molar-refractivity contribution is 5.26. The Bertz CT molecular complexity index is 235. The van der Waals surface area contributed by atoms with Crippen molar-refractivity contribution in [2.24, 2.45) is 5.73 Å². The largest absolute Gasteiger partial charge is 0.363 e. The quantitative estimate of drug-likeness (QED) is 0.651. The number of methoxy groups -OCH3 is 1. The van der Waals surface area contributed by atoms with Crippen LogP contribution >= 0.6 is 0 Å². The van der Waals surface area contributed by atoms with Gasteiger partial charge in [-0.2, -0.15) is 0 Å². The molecule has 2 nitrogen and oxygen atoms in total. The lowest BCUT2D eigenvalue weighted by Gasteiger charge is -2.11. The zero-order chi connectivity index (χ0) is 8.27. The molecule has 0 fully saturated rings. The van der Waals surface area contributed by atoms with Crippen LogP contribution in [-0.2, 0) is 4.74 Å². The first-order chi connectivity index (χ1) is 5.25. The van der Waals surface area contributed by atoms with Gasteiger partial charge in [0.2, 0.25) is 0 Å². The summed E-state index contributed by atoms with van der Waals surface area (Å²) in [5.41, 5.74) is 7.89. The number of hydrogen-bond donors (Lipinski definition) is 1. The minimum Gasteiger partial charge on any atom is -0.363 e. The second-order valence-electron chi connectivity index (χ2n) is 2.51. The third-order valence-corrected chi connectivity index (χ3v) is 1.75. The lowest BCUT2D eigenvalue weighted by Crippen LogP contribution is -2.13. The fraction of sp³-hybridized carbons (Fsp3) is 0.333. The Morgan fingerprint density at radius 2 is 2.00 bits per heavy atom. The molecule has 0 aromatic heterocycles. The molecule has 0 bridgehead atoms. The molecular formula is C9H13NO. The summed E-state index contributed by atoms with van der Waals surface area (Å²) < 4.78 is 4.99. The van der Waals surface area contributed by atoms with Gasteiger partial charge in [0, 0.05) is 7.11 Å². The highest BCUT2D eigenvalue weighted by Crippen LogP contribution is 2.14. The molecule has 2 heteroatoms. The average Bonchev–Trinajstić information content (AvgIpc) is 2.04. The zero-order valence-electron chi connectivity index (χ0n) is 6.87. The van der Waals surface area contributed by atoms with Crippen LogP contribution in [0.3, 0.4) is 0 Å². The van der Waals surface area contributed by atoms with E-state index in [1.54, 1.807) is 7.11 Å². The predicted octanol–water partition coefficient (Wildman–Crippen LogP) is 1.60. The number of hydrogen-bond acceptors (Lipinski definition) is 2. The van der Waals surface area contributed by atoms with Crippen LogP contribution in [0.15, 0.2) is 24.3 Å². The van der Waals surface area contributed by atoms with Gasteiger partial charge in [-0.15, -0.1) is 0 Å². The average molecular weight is 151 g/mol. The Morgan fingerprint density at radius 3 is 2.55 bits per heavy atom. The van der Waals surface area contributed by atoms with E-state index in [-0.39, 0.29) is 6.23 Å². The van der Waals surface area contributed by atoms with Gasteiger partial charge in [0.05, 0.1) is 0 Å². The van der Waals surface area contributed by atoms with E-state index in [0.717, 1.165) is 5.56 Å². The Morgan fingerprint density at radius 1 is 1.36 bits per heavy atom. The summed E-state index contributed by atoms with van der Waals surface area (Å²) in [6.45, 7) is 2.02. The van der Waals surface area contributed by atoms with Crippen molar-refractivity contribution in [3.8, 4) is 0 Å². The maximum absolute atomic E-state index is 5.67. The van der Waals surface area contributed by atoms with E-state index in [0.29, 0.717) is 0 Å². The van der Waals surface area contributed by atoms with Crippen LogP contribution < -0.4 is 5.73 Å². The first-order valence-electron chi connectivity index (χ1n) is 3.59. The first kappa shape index (κ1) is 8.24. The van der Waals surface area contributed by atoms with Crippen LogP contribution in [0, 0.1) is 6.92 Å². The van der Waals surface area contributed by atoms with E-state index in [4.69, 9.17) is 10.5 Å². The molecule has 1 aromatic rings. The molecule has 1 unspecified atom stereocenters. The topological polar surface area (TPSA) is 35.2 Å². The standard InChI is InChI=1S/C9H13NO/c1-7-5-3-4-6-8(7)9(10)11-2/h3-6,9H,10H2,1-2H3. The normalized spacial score (nSPS) is 13.0. The molecule has 2 N–H and O–H groups in total. The van der Waals surface area contributed by atoms with Gasteiger partial charge in [0.1, 0.15) is 6.23 Å². The second-order valence-corrected chi connectivity index (χ2v) is 2.51. The van der Waals surface area contributed by atoms with Gasteiger partial charge in [-0.05, 0) is 18.1 Å². The first-order valence-corrected chi connectivity index (χ1v) is 3.59. The summed E-state index contributed by atoms with van der Waals surface area (Å²) >= 11 is 0. The maximum Gasteiger partial charge on any atom is 0.131 e. The zero-order valence-corrected chi connectivity index (χ0v) is 6.87. The maximum atomic E-state index is 5.67. The SMILES string of the molecule is COC(N)c1ccccc1C. The van der Waals surface area contributed by atoms with Crippen molar-refractivity contribution in [2.45, 2.75) is 13.2 Å². The molecule has 0 aliphatic carbocycles. The summed E-state index contributed by atoms with van der Waals surface area (Å²) in [5, 5.41) is 0. The van der Waals surface area contributed by atoms with Crippen LogP contribution in [0.4, 0.5) is 0 Å². The molecule has 11 heavy (non-hydrogen) atoms. The van der Waals surface area contributed by atoms with Crippen molar-refractivity contribution < 1.29 is 4.74 Å². The molecule has 0 saturated heterocycles. The Balaban J connectivity index is 2.93. The van der Waals surface area contributed by atoms with Crippen molar-refractivity contribution >= 4 is 0 Å². The molecule has 0 radical (unpaired) electrons. The molecule has 0 spiro atoms. The number of ether oxygens (including phenoxy) is 1. The van der Waals surface area contributed by atoms with Crippen molar-refractivity contribution in [3.05, 3.63) is 35.4 Å². The number of aryl methyl sites for hydroxylation is 1. The summed E-state index contributed by atoms with van der Waals surface area (Å²) in [7, 11) is 1.61. The van der Waals surface area contributed by atoms with Crippen LogP contribution in [0.1, 0.15) is 17.4 Å². The van der Waals surface area contributed by atoms with E-state index < -0.39 is 0 Å². The number of rotatable bonds is 2. The summed E-state index contributed by atoms with van der Waals surface area (Å²) in [4.78, 5) is 0. The monoisotopic (exact) mass is 151 g/mol. The molecule has 0 saturated carbocycles. The molecule has 1 aromatic carbocycles. The third-order valence-electron chi connectivity index (χ3n) is 1.75. The highest BCUT2D eigenvalue weighted by atomic mass is 16.5. The Hall–Kier alpha value is -0.860. The van der Waals surface area contributed by atoms with E-state index >= 15 is 0 Å². The van der Waals surface area contributed by atoms with Crippen molar-refractivity contribution in [2.75, 3.05) is 7.11 Å². The number of benzene rings is 1. The molecule has 0 amide bonds. The van der Waals surface area contributed by atoms with E-state index in [2.05, 4.69) is 0 Å². The molecule has 0 heterocycles. The lowest BCUT2D eigenvalue weighted by molar-refractivity contribution is 0.109. The van der Waals surface area contributed by atoms with Crippen molar-refractivity contribution in [3.63, 3.8) is 0 Å². The Kier molecular flexibility index (Phi) is 2.63. The van der Waals surface area contributed by atoms with Gasteiger partial charge in [0.15, 0.2) is 0 Å². The van der Waals surface area contributed by atoms with Gasteiger partial charge in [0.25, 0.3) is 0 Å². The van der Waals surface area contributed by atoms with Gasteiger partial charge in [-0.25, -0.2) is 0 Å². The molecule has 1 atom stereocenters. The highest BCUT2D eigenvalue weighted by Gasteiger charge is 2.04. The van der Waals surface area contributed by atoms with Gasteiger partial charge in [-0.3, -0.25) is 0 Å². The summed E-state index contributed by atoms with van der Waals surface area (Å²) in [6.07, 6.45) is -0.295. The van der Waals surface area contributed by atoms with Crippen molar-refractivity contribution in [1.82, 2.24) is 0 Å². The lowest BCUT2D eigenvalue weighted by atomic mass is 10.1. The molecule has 1 rings (SSSR count). The molecule has 0 aliphatic heterocycles. The second kappa shape index (κ2) is 3.51.